The van der Waals surface area contributed by atoms with Gasteiger partial charge in [0.05, 0.1) is 18.2 Å². The van der Waals surface area contributed by atoms with E-state index in [4.69, 9.17) is 15.2 Å². The highest BCUT2D eigenvalue weighted by molar-refractivity contribution is 5.98. The van der Waals surface area contributed by atoms with Crippen LogP contribution in [-0.2, 0) is 11.2 Å². The molecule has 1 saturated heterocycles. The van der Waals surface area contributed by atoms with Crippen LogP contribution in [0.3, 0.4) is 0 Å². The lowest BCUT2D eigenvalue weighted by Gasteiger charge is -2.37. The number of aliphatic imine (C=N–C) groups is 1. The number of nitrogens with zero attached hydrogens (tertiary/aromatic N) is 2. The number of hydrogen-bond acceptors (Lipinski definition) is 5. The highest BCUT2D eigenvalue weighted by Crippen LogP contribution is 2.31. The second kappa shape index (κ2) is 9.35. The van der Waals surface area contributed by atoms with Crippen molar-refractivity contribution in [2.45, 2.75) is 32.2 Å². The number of hydrogen-bond donors (Lipinski definition) is 1. The average Bonchev–Trinajstić information content (AvgIpc) is 2.80. The summed E-state index contributed by atoms with van der Waals surface area (Å²) in [6.45, 7) is 3.70. The normalized spacial score (nSPS) is 19.4. The lowest BCUT2D eigenvalue weighted by molar-refractivity contribution is -0.00993. The molecule has 2 aliphatic heterocycles. The molecule has 2 aliphatic rings. The van der Waals surface area contributed by atoms with Crippen LogP contribution in [-0.4, -0.2) is 50.1 Å². The number of aryl methyl sites for hydroxylation is 1. The molecule has 1 unspecified atom stereocenters. The summed E-state index contributed by atoms with van der Waals surface area (Å²) in [7, 11) is 1.71. The van der Waals surface area contributed by atoms with E-state index >= 15 is 0 Å². The average molecular weight is 420 g/mol. The van der Waals surface area contributed by atoms with Crippen molar-refractivity contribution in [1.82, 2.24) is 4.90 Å². The first kappa shape index (κ1) is 21.1. The SMILES string of the molecule is CN=CC=C(N)c1ccc(Cc2cc3c(cc2C)OCN(C2CCCOC2)C3=O)cc1. The van der Waals surface area contributed by atoms with Crippen molar-refractivity contribution in [2.75, 3.05) is 27.0 Å². The summed E-state index contributed by atoms with van der Waals surface area (Å²) in [4.78, 5) is 18.9. The van der Waals surface area contributed by atoms with Gasteiger partial charge < -0.3 is 15.2 Å². The van der Waals surface area contributed by atoms with Gasteiger partial charge in [0.25, 0.3) is 5.91 Å². The van der Waals surface area contributed by atoms with Gasteiger partial charge in [-0.15, -0.1) is 0 Å². The summed E-state index contributed by atoms with van der Waals surface area (Å²) in [5, 5.41) is 0. The van der Waals surface area contributed by atoms with Crippen molar-refractivity contribution in [3.63, 3.8) is 0 Å². The van der Waals surface area contributed by atoms with Crippen LogP contribution < -0.4 is 10.5 Å². The van der Waals surface area contributed by atoms with Crippen LogP contribution in [0.25, 0.3) is 5.70 Å². The lowest BCUT2D eigenvalue weighted by Crippen LogP contribution is -2.49. The molecule has 0 saturated carbocycles. The Balaban J connectivity index is 1.54. The highest BCUT2D eigenvalue weighted by Gasteiger charge is 2.32. The number of carbonyl (C=O) groups excluding carboxylic acids is 1. The molecular weight excluding hydrogens is 390 g/mol. The Hall–Kier alpha value is -3.12. The van der Waals surface area contributed by atoms with Gasteiger partial charge in [-0.05, 0) is 66.6 Å². The molecule has 6 nitrogen and oxygen atoms in total. The summed E-state index contributed by atoms with van der Waals surface area (Å²) < 4.78 is 11.5. The van der Waals surface area contributed by atoms with Crippen LogP contribution in [0.4, 0.5) is 0 Å². The van der Waals surface area contributed by atoms with Gasteiger partial charge in [0.1, 0.15) is 5.75 Å². The smallest absolute Gasteiger partial charge is 0.260 e. The molecule has 2 N–H and O–H groups in total. The van der Waals surface area contributed by atoms with Crippen molar-refractivity contribution in [3.05, 3.63) is 70.3 Å². The maximum absolute atomic E-state index is 13.2. The first-order valence-corrected chi connectivity index (χ1v) is 10.7. The molecule has 0 aliphatic carbocycles. The first-order chi connectivity index (χ1) is 15.1. The number of carbonyl (C=O) groups is 1. The van der Waals surface area contributed by atoms with Crippen LogP contribution in [0.2, 0.25) is 0 Å². The van der Waals surface area contributed by atoms with Gasteiger partial charge in [-0.25, -0.2) is 0 Å². The van der Waals surface area contributed by atoms with Gasteiger partial charge in [-0.1, -0.05) is 24.3 Å². The monoisotopic (exact) mass is 419 g/mol. The molecule has 31 heavy (non-hydrogen) atoms. The van der Waals surface area contributed by atoms with Gasteiger partial charge in [-0.3, -0.25) is 14.7 Å². The zero-order valence-corrected chi connectivity index (χ0v) is 18.1. The van der Waals surface area contributed by atoms with E-state index in [-0.39, 0.29) is 18.7 Å². The molecule has 162 valence electrons. The molecule has 2 aromatic carbocycles. The Kier molecular flexibility index (Phi) is 6.37. The molecule has 1 amide bonds. The number of ether oxygens (including phenoxy) is 2. The maximum Gasteiger partial charge on any atom is 0.260 e. The summed E-state index contributed by atoms with van der Waals surface area (Å²) in [6.07, 6.45) is 6.14. The molecule has 2 heterocycles. The third-order valence-electron chi connectivity index (χ3n) is 5.95. The fraction of sp³-hybridized carbons (Fsp3) is 0.360. The molecular formula is C25H29N3O3. The second-order valence-electron chi connectivity index (χ2n) is 8.10. The minimum Gasteiger partial charge on any atom is -0.472 e. The van der Waals surface area contributed by atoms with E-state index in [0.717, 1.165) is 48.1 Å². The standard InChI is InChI=1S/C25H29N3O3/c1-17-12-24-22(25(29)28(16-31-24)21-4-3-11-30-15-21)14-20(17)13-18-5-7-19(8-6-18)23(26)9-10-27-2/h5-10,12,14,21H,3-4,11,13,15-16,26H2,1-2H3. The van der Waals surface area contributed by atoms with E-state index in [1.165, 1.54) is 0 Å². The number of rotatable bonds is 5. The van der Waals surface area contributed by atoms with E-state index in [2.05, 4.69) is 24.0 Å². The van der Waals surface area contributed by atoms with Crippen LogP contribution in [0.15, 0.2) is 47.5 Å². The molecule has 1 fully saturated rings. The molecule has 1 atom stereocenters. The maximum atomic E-state index is 13.2. The van der Waals surface area contributed by atoms with Crippen molar-refractivity contribution in [3.8, 4) is 5.75 Å². The highest BCUT2D eigenvalue weighted by atomic mass is 16.5. The Labute approximate surface area is 183 Å². The van der Waals surface area contributed by atoms with E-state index in [1.54, 1.807) is 19.3 Å². The van der Waals surface area contributed by atoms with Gasteiger partial charge >= 0.3 is 0 Å². The lowest BCUT2D eigenvalue weighted by atomic mass is 9.95. The molecule has 0 bridgehead atoms. The number of amides is 1. The third-order valence-corrected chi connectivity index (χ3v) is 5.95. The fourth-order valence-electron chi connectivity index (χ4n) is 4.08. The first-order valence-electron chi connectivity index (χ1n) is 10.7. The van der Waals surface area contributed by atoms with Crippen molar-refractivity contribution in [2.24, 2.45) is 10.7 Å². The van der Waals surface area contributed by atoms with Crippen LogP contribution in [0.1, 0.15) is 45.5 Å². The number of fused-ring (bicyclic) bond motifs is 1. The number of nitrogens with two attached hydrogens (primary N) is 1. The Morgan fingerprint density at radius 2 is 2.10 bits per heavy atom. The number of allylic oxidation sites excluding steroid dienone is 1. The van der Waals surface area contributed by atoms with Gasteiger partial charge in [-0.2, -0.15) is 0 Å². The quantitative estimate of drug-likeness (QED) is 0.752. The Morgan fingerprint density at radius 1 is 1.29 bits per heavy atom. The molecule has 0 aromatic heterocycles. The van der Waals surface area contributed by atoms with Crippen molar-refractivity contribution >= 4 is 17.8 Å². The van der Waals surface area contributed by atoms with Crippen LogP contribution >= 0.6 is 0 Å². The van der Waals surface area contributed by atoms with Gasteiger partial charge in [0.2, 0.25) is 0 Å². The Morgan fingerprint density at radius 3 is 2.81 bits per heavy atom. The molecule has 6 heteroatoms. The summed E-state index contributed by atoms with van der Waals surface area (Å²) >= 11 is 0. The predicted octanol–water partition coefficient (Wildman–Crippen LogP) is 3.56. The summed E-state index contributed by atoms with van der Waals surface area (Å²) in [5.41, 5.74) is 11.7. The van der Waals surface area contributed by atoms with E-state index in [1.807, 2.05) is 29.2 Å². The zero-order chi connectivity index (χ0) is 21.8. The van der Waals surface area contributed by atoms with Crippen LogP contribution in [0, 0.1) is 6.92 Å². The Bertz CT molecular complexity index is 1010. The zero-order valence-electron chi connectivity index (χ0n) is 18.1. The summed E-state index contributed by atoms with van der Waals surface area (Å²) in [6, 6.07) is 12.2. The van der Waals surface area contributed by atoms with E-state index < -0.39 is 0 Å². The predicted molar refractivity (Wildman–Crippen MR) is 123 cm³/mol. The van der Waals surface area contributed by atoms with E-state index in [9.17, 15) is 4.79 Å². The molecule has 0 spiro atoms. The van der Waals surface area contributed by atoms with Gasteiger partial charge in [0, 0.05) is 25.6 Å². The number of benzene rings is 2. The largest absolute Gasteiger partial charge is 0.472 e. The summed E-state index contributed by atoms with van der Waals surface area (Å²) in [5.74, 6) is 0.703. The second-order valence-corrected chi connectivity index (χ2v) is 8.10. The van der Waals surface area contributed by atoms with Crippen molar-refractivity contribution in [1.29, 1.82) is 0 Å². The van der Waals surface area contributed by atoms with Crippen LogP contribution in [0.5, 0.6) is 5.75 Å². The van der Waals surface area contributed by atoms with E-state index in [0.29, 0.717) is 23.6 Å². The van der Waals surface area contributed by atoms with Gasteiger partial charge in [0.15, 0.2) is 6.73 Å². The minimum absolute atomic E-state index is 0.0313. The van der Waals surface area contributed by atoms with Crippen molar-refractivity contribution < 1.29 is 14.3 Å². The minimum atomic E-state index is 0.0313. The third kappa shape index (κ3) is 4.64. The molecule has 4 rings (SSSR count). The molecule has 0 radical (unpaired) electrons. The molecule has 2 aromatic rings. The topological polar surface area (TPSA) is 77.2 Å². The fourth-order valence-corrected chi connectivity index (χ4v) is 4.08.